The Morgan fingerprint density at radius 3 is 2.88 bits per heavy atom. The second-order valence-corrected chi connectivity index (χ2v) is 6.26. The lowest BCUT2D eigenvalue weighted by molar-refractivity contribution is -0.144. The van der Waals surface area contributed by atoms with Crippen molar-refractivity contribution in [3.05, 3.63) is 59.3 Å². The average Bonchev–Trinajstić information content (AvgIpc) is 3.22. The zero-order chi connectivity index (χ0) is 16.4. The maximum absolute atomic E-state index is 5.62. The van der Waals surface area contributed by atoms with Crippen molar-refractivity contribution in [2.24, 2.45) is 4.99 Å². The summed E-state index contributed by atoms with van der Waals surface area (Å²) < 4.78 is 11.2. The standard InChI is InChI=1S/C19H21N3O2/c1-19(23-10-11-24-19)7-9-21-17-12-14(6-8-20-17)18-16-5-3-2-4-15(16)13-22-18/h2-6,8,12H,7,9-11,13H2,1H3,(H,20,21). The second-order valence-electron chi connectivity index (χ2n) is 6.26. The SMILES string of the molecule is CC1(CCNc2cc(C3=NCc4ccccc43)ccn2)OCCO1. The van der Waals surface area contributed by atoms with Crippen molar-refractivity contribution < 1.29 is 9.47 Å². The van der Waals surface area contributed by atoms with E-state index in [0.717, 1.165) is 36.6 Å². The van der Waals surface area contributed by atoms with Crippen LogP contribution in [0.25, 0.3) is 0 Å². The van der Waals surface area contributed by atoms with E-state index in [1.165, 1.54) is 11.1 Å². The van der Waals surface area contributed by atoms with Crippen molar-refractivity contribution in [1.82, 2.24) is 4.98 Å². The molecule has 2 aliphatic heterocycles. The molecule has 0 spiro atoms. The van der Waals surface area contributed by atoms with Gasteiger partial charge in [0, 0.05) is 30.3 Å². The number of aliphatic imine (C=N–C) groups is 1. The van der Waals surface area contributed by atoms with Crippen molar-refractivity contribution >= 4 is 11.5 Å². The monoisotopic (exact) mass is 323 g/mol. The molecule has 3 heterocycles. The molecule has 0 amide bonds. The Morgan fingerprint density at radius 1 is 1.17 bits per heavy atom. The fourth-order valence-corrected chi connectivity index (χ4v) is 3.18. The van der Waals surface area contributed by atoms with Gasteiger partial charge in [-0.3, -0.25) is 4.99 Å². The van der Waals surface area contributed by atoms with Gasteiger partial charge in [-0.05, 0) is 24.6 Å². The molecule has 124 valence electrons. The minimum Gasteiger partial charge on any atom is -0.370 e. The average molecular weight is 323 g/mol. The molecule has 0 aliphatic carbocycles. The van der Waals surface area contributed by atoms with Gasteiger partial charge < -0.3 is 14.8 Å². The molecular weight excluding hydrogens is 302 g/mol. The summed E-state index contributed by atoms with van der Waals surface area (Å²) in [5.74, 6) is 0.375. The number of ether oxygens (including phenoxy) is 2. The molecular formula is C19H21N3O2. The number of fused-ring (bicyclic) bond motifs is 1. The Labute approximate surface area is 141 Å². The molecule has 5 nitrogen and oxygen atoms in total. The highest BCUT2D eigenvalue weighted by Gasteiger charge is 2.30. The number of hydrogen-bond acceptors (Lipinski definition) is 5. The molecule has 4 rings (SSSR count). The lowest BCUT2D eigenvalue weighted by atomic mass is 10.0. The number of aromatic nitrogens is 1. The van der Waals surface area contributed by atoms with Crippen molar-refractivity contribution in [1.29, 1.82) is 0 Å². The van der Waals surface area contributed by atoms with Crippen LogP contribution < -0.4 is 5.32 Å². The van der Waals surface area contributed by atoms with Gasteiger partial charge in [-0.25, -0.2) is 4.98 Å². The molecule has 5 heteroatoms. The summed E-state index contributed by atoms with van der Waals surface area (Å²) in [6.45, 7) is 4.82. The van der Waals surface area contributed by atoms with Crippen LogP contribution in [-0.2, 0) is 16.0 Å². The molecule has 0 radical (unpaired) electrons. The molecule has 24 heavy (non-hydrogen) atoms. The van der Waals surface area contributed by atoms with Crippen LogP contribution in [0.15, 0.2) is 47.6 Å². The Balaban J connectivity index is 1.45. The lowest BCUT2D eigenvalue weighted by Crippen LogP contribution is -2.28. The zero-order valence-electron chi connectivity index (χ0n) is 13.8. The van der Waals surface area contributed by atoms with E-state index < -0.39 is 5.79 Å². The van der Waals surface area contributed by atoms with Gasteiger partial charge in [-0.2, -0.15) is 0 Å². The predicted molar refractivity (Wildman–Crippen MR) is 93.4 cm³/mol. The smallest absolute Gasteiger partial charge is 0.167 e. The molecule has 0 saturated carbocycles. The van der Waals surface area contributed by atoms with Crippen LogP contribution >= 0.6 is 0 Å². The molecule has 0 atom stereocenters. The van der Waals surface area contributed by atoms with Gasteiger partial charge in [0.1, 0.15) is 5.82 Å². The molecule has 0 unspecified atom stereocenters. The highest BCUT2D eigenvalue weighted by atomic mass is 16.7. The van der Waals surface area contributed by atoms with Crippen molar-refractivity contribution in [3.63, 3.8) is 0 Å². The molecule has 1 fully saturated rings. The van der Waals surface area contributed by atoms with E-state index >= 15 is 0 Å². The van der Waals surface area contributed by atoms with Gasteiger partial charge in [-0.15, -0.1) is 0 Å². The van der Waals surface area contributed by atoms with Crippen molar-refractivity contribution in [2.45, 2.75) is 25.7 Å². The van der Waals surface area contributed by atoms with Crippen LogP contribution in [0.2, 0.25) is 0 Å². The Kier molecular flexibility index (Phi) is 4.04. The van der Waals surface area contributed by atoms with Gasteiger partial charge in [0.05, 0.1) is 25.5 Å². The summed E-state index contributed by atoms with van der Waals surface area (Å²) >= 11 is 0. The van der Waals surface area contributed by atoms with Gasteiger partial charge in [0.15, 0.2) is 5.79 Å². The predicted octanol–water partition coefficient (Wildman–Crippen LogP) is 3.00. The Hall–Kier alpha value is -2.24. The van der Waals surface area contributed by atoms with Gasteiger partial charge in [-0.1, -0.05) is 24.3 Å². The van der Waals surface area contributed by atoms with Gasteiger partial charge in [0.2, 0.25) is 0 Å². The maximum atomic E-state index is 5.62. The van der Waals surface area contributed by atoms with Crippen LogP contribution in [0.5, 0.6) is 0 Å². The fourth-order valence-electron chi connectivity index (χ4n) is 3.18. The molecule has 1 N–H and O–H groups in total. The van der Waals surface area contributed by atoms with E-state index in [2.05, 4.69) is 40.6 Å². The molecule has 0 bridgehead atoms. The molecule has 1 saturated heterocycles. The fraction of sp³-hybridized carbons (Fsp3) is 0.368. The van der Waals surface area contributed by atoms with Crippen molar-refractivity contribution in [3.8, 4) is 0 Å². The number of pyridine rings is 1. The summed E-state index contributed by atoms with van der Waals surface area (Å²) in [6.07, 6.45) is 2.61. The highest BCUT2D eigenvalue weighted by Crippen LogP contribution is 2.24. The van der Waals surface area contributed by atoms with E-state index in [-0.39, 0.29) is 0 Å². The lowest BCUT2D eigenvalue weighted by Gasteiger charge is -2.22. The van der Waals surface area contributed by atoms with Crippen LogP contribution in [-0.4, -0.2) is 36.2 Å². The Morgan fingerprint density at radius 2 is 2.00 bits per heavy atom. The number of benzene rings is 1. The third kappa shape index (κ3) is 3.05. The first kappa shape index (κ1) is 15.3. The number of rotatable bonds is 5. The van der Waals surface area contributed by atoms with Crippen LogP contribution in [0.1, 0.15) is 30.0 Å². The Bertz CT molecular complexity index is 767. The third-order valence-corrected chi connectivity index (χ3v) is 4.50. The molecule has 2 aromatic rings. The largest absolute Gasteiger partial charge is 0.370 e. The first-order valence-corrected chi connectivity index (χ1v) is 8.34. The number of anilines is 1. The number of hydrogen-bond donors (Lipinski definition) is 1. The molecule has 1 aromatic heterocycles. The summed E-state index contributed by atoms with van der Waals surface area (Å²) in [5.41, 5.74) is 4.64. The first-order valence-electron chi connectivity index (χ1n) is 8.34. The molecule has 1 aromatic carbocycles. The summed E-state index contributed by atoms with van der Waals surface area (Å²) in [6, 6.07) is 12.4. The van der Waals surface area contributed by atoms with E-state index in [1.54, 1.807) is 0 Å². The summed E-state index contributed by atoms with van der Waals surface area (Å²) in [7, 11) is 0. The third-order valence-electron chi connectivity index (χ3n) is 4.50. The van der Waals surface area contributed by atoms with Crippen LogP contribution in [0.3, 0.4) is 0 Å². The molecule has 2 aliphatic rings. The maximum Gasteiger partial charge on any atom is 0.167 e. The van der Waals surface area contributed by atoms with Crippen LogP contribution in [0, 0.1) is 0 Å². The van der Waals surface area contributed by atoms with Gasteiger partial charge >= 0.3 is 0 Å². The van der Waals surface area contributed by atoms with Gasteiger partial charge in [0.25, 0.3) is 0 Å². The minimum absolute atomic E-state index is 0.473. The van der Waals surface area contributed by atoms with E-state index in [4.69, 9.17) is 14.5 Å². The number of nitrogens with one attached hydrogen (secondary N) is 1. The van der Waals surface area contributed by atoms with E-state index in [9.17, 15) is 0 Å². The van der Waals surface area contributed by atoms with Crippen molar-refractivity contribution in [2.75, 3.05) is 25.1 Å². The van der Waals surface area contributed by atoms with E-state index in [1.807, 2.05) is 19.2 Å². The summed E-state index contributed by atoms with van der Waals surface area (Å²) in [4.78, 5) is 9.10. The van der Waals surface area contributed by atoms with E-state index in [0.29, 0.717) is 13.2 Å². The highest BCUT2D eigenvalue weighted by molar-refractivity contribution is 6.15. The first-order chi connectivity index (χ1) is 11.7. The zero-order valence-corrected chi connectivity index (χ0v) is 13.8. The number of nitrogens with zero attached hydrogens (tertiary/aromatic N) is 2. The topological polar surface area (TPSA) is 55.7 Å². The second kappa shape index (κ2) is 6.34. The van der Waals surface area contributed by atoms with Crippen LogP contribution in [0.4, 0.5) is 5.82 Å². The minimum atomic E-state index is -0.473. The quantitative estimate of drug-likeness (QED) is 0.919. The summed E-state index contributed by atoms with van der Waals surface area (Å²) in [5, 5.41) is 3.36. The normalized spacial score (nSPS) is 18.3.